The standard InChI is InChI=1S/C17H28ClNO2/c1-4-16(19)12-14-11-15(18)5-6-17(14)21-10-9-20-8-7-13(2)3/h5-6,11,13,16H,4,7-10,12,19H2,1-3H3. The lowest BCUT2D eigenvalue weighted by molar-refractivity contribution is 0.0922. The molecular formula is C17H28ClNO2. The molecule has 0 aromatic heterocycles. The van der Waals surface area contributed by atoms with Gasteiger partial charge in [0.15, 0.2) is 0 Å². The number of nitrogens with two attached hydrogens (primary N) is 1. The van der Waals surface area contributed by atoms with Gasteiger partial charge in [-0.2, -0.15) is 0 Å². The van der Waals surface area contributed by atoms with Crippen LogP contribution in [0.5, 0.6) is 5.75 Å². The van der Waals surface area contributed by atoms with Crippen molar-refractivity contribution in [3.8, 4) is 5.75 Å². The lowest BCUT2D eigenvalue weighted by Gasteiger charge is -2.15. The first-order chi connectivity index (χ1) is 10.0. The molecule has 1 rings (SSSR count). The fraction of sp³-hybridized carbons (Fsp3) is 0.647. The molecule has 2 N–H and O–H groups in total. The van der Waals surface area contributed by atoms with Crippen molar-refractivity contribution < 1.29 is 9.47 Å². The Labute approximate surface area is 133 Å². The van der Waals surface area contributed by atoms with E-state index < -0.39 is 0 Å². The van der Waals surface area contributed by atoms with Gasteiger partial charge in [0.05, 0.1) is 6.61 Å². The highest BCUT2D eigenvalue weighted by atomic mass is 35.5. The maximum Gasteiger partial charge on any atom is 0.122 e. The molecule has 1 unspecified atom stereocenters. The van der Waals surface area contributed by atoms with Crippen molar-refractivity contribution in [3.05, 3.63) is 28.8 Å². The van der Waals surface area contributed by atoms with E-state index in [1.807, 2.05) is 18.2 Å². The van der Waals surface area contributed by atoms with Crippen molar-refractivity contribution in [2.45, 2.75) is 46.1 Å². The minimum atomic E-state index is 0.133. The van der Waals surface area contributed by atoms with Crippen LogP contribution in [0.15, 0.2) is 18.2 Å². The second-order valence-electron chi connectivity index (χ2n) is 5.77. The number of benzene rings is 1. The van der Waals surface area contributed by atoms with E-state index in [4.69, 9.17) is 26.8 Å². The van der Waals surface area contributed by atoms with Crippen LogP contribution < -0.4 is 10.5 Å². The minimum absolute atomic E-state index is 0.133. The topological polar surface area (TPSA) is 44.5 Å². The van der Waals surface area contributed by atoms with Gasteiger partial charge in [-0.25, -0.2) is 0 Å². The molecule has 0 aliphatic rings. The number of halogens is 1. The molecule has 1 atom stereocenters. The van der Waals surface area contributed by atoms with E-state index in [1.54, 1.807) is 0 Å². The Kier molecular flexibility index (Phi) is 8.74. The van der Waals surface area contributed by atoms with Gasteiger partial charge < -0.3 is 15.2 Å². The van der Waals surface area contributed by atoms with E-state index in [0.717, 1.165) is 37.2 Å². The number of ether oxygens (including phenoxy) is 2. The molecule has 1 aromatic carbocycles. The summed E-state index contributed by atoms with van der Waals surface area (Å²) in [6, 6.07) is 5.82. The van der Waals surface area contributed by atoms with E-state index in [9.17, 15) is 0 Å². The minimum Gasteiger partial charge on any atom is -0.491 e. The Morgan fingerprint density at radius 3 is 2.62 bits per heavy atom. The lowest BCUT2D eigenvalue weighted by atomic mass is 10.0. The van der Waals surface area contributed by atoms with Crippen molar-refractivity contribution in [3.63, 3.8) is 0 Å². The van der Waals surface area contributed by atoms with Gasteiger partial charge in [-0.1, -0.05) is 32.4 Å². The van der Waals surface area contributed by atoms with Crippen molar-refractivity contribution >= 4 is 11.6 Å². The average Bonchev–Trinajstić information content (AvgIpc) is 2.44. The molecule has 0 aliphatic carbocycles. The second-order valence-corrected chi connectivity index (χ2v) is 6.20. The zero-order valence-corrected chi connectivity index (χ0v) is 14.2. The molecule has 0 fully saturated rings. The van der Waals surface area contributed by atoms with Crippen LogP contribution in [0.2, 0.25) is 5.02 Å². The molecule has 0 heterocycles. The van der Waals surface area contributed by atoms with Gasteiger partial charge in [0.25, 0.3) is 0 Å². The number of rotatable bonds is 10. The molecule has 0 amide bonds. The highest BCUT2D eigenvalue weighted by Gasteiger charge is 2.09. The SMILES string of the molecule is CCC(N)Cc1cc(Cl)ccc1OCCOCCC(C)C. The number of hydrogen-bond acceptors (Lipinski definition) is 3. The molecule has 0 saturated heterocycles. The predicted molar refractivity (Wildman–Crippen MR) is 89.2 cm³/mol. The Hall–Kier alpha value is -0.770. The third-order valence-corrected chi connectivity index (χ3v) is 3.59. The molecule has 4 heteroatoms. The van der Waals surface area contributed by atoms with Crippen LogP contribution >= 0.6 is 11.6 Å². The molecule has 120 valence electrons. The normalized spacial score (nSPS) is 12.7. The van der Waals surface area contributed by atoms with E-state index in [0.29, 0.717) is 24.2 Å². The van der Waals surface area contributed by atoms with Crippen LogP contribution in [0.1, 0.15) is 39.2 Å². The molecule has 1 aromatic rings. The maximum atomic E-state index is 6.05. The van der Waals surface area contributed by atoms with Crippen LogP contribution in [0, 0.1) is 5.92 Å². The first kappa shape index (κ1) is 18.3. The fourth-order valence-corrected chi connectivity index (χ4v) is 2.10. The summed E-state index contributed by atoms with van der Waals surface area (Å²) in [5.74, 6) is 1.53. The summed E-state index contributed by atoms with van der Waals surface area (Å²) in [6.45, 7) is 8.41. The van der Waals surface area contributed by atoms with Gasteiger partial charge in [-0.05, 0) is 48.9 Å². The smallest absolute Gasteiger partial charge is 0.122 e. The third-order valence-electron chi connectivity index (χ3n) is 3.35. The third kappa shape index (κ3) is 7.70. The fourth-order valence-electron chi connectivity index (χ4n) is 1.91. The molecule has 3 nitrogen and oxygen atoms in total. The van der Waals surface area contributed by atoms with Crippen LogP contribution in [-0.2, 0) is 11.2 Å². The largest absolute Gasteiger partial charge is 0.491 e. The van der Waals surface area contributed by atoms with Crippen molar-refractivity contribution in [1.29, 1.82) is 0 Å². The highest BCUT2D eigenvalue weighted by molar-refractivity contribution is 6.30. The van der Waals surface area contributed by atoms with E-state index in [2.05, 4.69) is 20.8 Å². The molecule has 0 radical (unpaired) electrons. The van der Waals surface area contributed by atoms with Gasteiger partial charge in [0.2, 0.25) is 0 Å². The summed E-state index contributed by atoms with van der Waals surface area (Å²) < 4.78 is 11.4. The van der Waals surface area contributed by atoms with Gasteiger partial charge in [0, 0.05) is 17.7 Å². The molecule has 0 saturated carbocycles. The molecule has 0 aliphatic heterocycles. The number of hydrogen-bond donors (Lipinski definition) is 1. The molecular weight excluding hydrogens is 286 g/mol. The van der Waals surface area contributed by atoms with E-state index >= 15 is 0 Å². The van der Waals surface area contributed by atoms with Crippen LogP contribution in [0.3, 0.4) is 0 Å². The maximum absolute atomic E-state index is 6.05. The summed E-state index contributed by atoms with van der Waals surface area (Å²) in [5.41, 5.74) is 7.09. The molecule has 0 bridgehead atoms. The molecule has 0 spiro atoms. The molecule has 21 heavy (non-hydrogen) atoms. The Morgan fingerprint density at radius 1 is 1.19 bits per heavy atom. The van der Waals surface area contributed by atoms with E-state index in [-0.39, 0.29) is 6.04 Å². The Bertz CT molecular complexity index is 410. The first-order valence-corrected chi connectivity index (χ1v) is 8.15. The van der Waals surface area contributed by atoms with Crippen molar-refractivity contribution in [2.24, 2.45) is 11.7 Å². The zero-order chi connectivity index (χ0) is 15.7. The van der Waals surface area contributed by atoms with Crippen molar-refractivity contribution in [1.82, 2.24) is 0 Å². The quantitative estimate of drug-likeness (QED) is 0.662. The van der Waals surface area contributed by atoms with Crippen molar-refractivity contribution in [2.75, 3.05) is 19.8 Å². The van der Waals surface area contributed by atoms with Gasteiger partial charge in [-0.3, -0.25) is 0 Å². The Balaban J connectivity index is 2.43. The van der Waals surface area contributed by atoms with E-state index in [1.165, 1.54) is 0 Å². The summed E-state index contributed by atoms with van der Waals surface area (Å²) in [6.07, 6.45) is 2.79. The average molecular weight is 314 g/mol. The van der Waals surface area contributed by atoms with Gasteiger partial charge in [0.1, 0.15) is 12.4 Å². The monoisotopic (exact) mass is 313 g/mol. The van der Waals surface area contributed by atoms with Gasteiger partial charge in [-0.15, -0.1) is 0 Å². The van der Waals surface area contributed by atoms with Crippen LogP contribution in [0.25, 0.3) is 0 Å². The zero-order valence-electron chi connectivity index (χ0n) is 13.4. The van der Waals surface area contributed by atoms with Crippen LogP contribution in [-0.4, -0.2) is 25.9 Å². The Morgan fingerprint density at radius 2 is 1.95 bits per heavy atom. The van der Waals surface area contributed by atoms with Gasteiger partial charge >= 0.3 is 0 Å². The lowest BCUT2D eigenvalue weighted by Crippen LogP contribution is -2.22. The summed E-state index contributed by atoms with van der Waals surface area (Å²) in [7, 11) is 0. The summed E-state index contributed by atoms with van der Waals surface area (Å²) >= 11 is 6.05. The van der Waals surface area contributed by atoms with Crippen LogP contribution in [0.4, 0.5) is 0 Å². The summed E-state index contributed by atoms with van der Waals surface area (Å²) in [4.78, 5) is 0. The first-order valence-electron chi connectivity index (χ1n) is 7.77. The predicted octanol–water partition coefficient (Wildman–Crippen LogP) is 4.06. The second kappa shape index (κ2) is 10.0. The summed E-state index contributed by atoms with van der Waals surface area (Å²) in [5, 5.41) is 0.717. The highest BCUT2D eigenvalue weighted by Crippen LogP contribution is 2.24.